The average Bonchev–Trinajstić information content (AvgIpc) is 2.24. The number of rotatable bonds is 4. The van der Waals surface area contributed by atoms with Crippen LogP contribution in [0.5, 0.6) is 0 Å². The Morgan fingerprint density at radius 1 is 1.06 bits per heavy atom. The lowest BCUT2D eigenvalue weighted by Gasteiger charge is -2.56. The molecule has 0 heterocycles. The van der Waals surface area contributed by atoms with E-state index in [0.717, 1.165) is 19.3 Å². The third kappa shape index (κ3) is 2.18. The van der Waals surface area contributed by atoms with E-state index in [1.54, 1.807) is 0 Å². The summed E-state index contributed by atoms with van der Waals surface area (Å²) < 4.78 is 49.1. The van der Waals surface area contributed by atoms with Crippen molar-refractivity contribution >= 4 is 10.0 Å². The van der Waals surface area contributed by atoms with Crippen LogP contribution in [0.1, 0.15) is 38.5 Å². The standard InChI is InChI=1S/C12H19F2NO2S/c13-11(14)18(16,17)15-7-12-4-8-1-9(5-12)3-10(2-8)6-12/h8-11,15H,1-7H2. The third-order valence-electron chi connectivity index (χ3n) is 5.05. The third-order valence-corrected chi connectivity index (χ3v) is 6.06. The molecular formula is C12H19F2NO2S. The van der Waals surface area contributed by atoms with Crippen LogP contribution in [-0.4, -0.2) is 20.7 Å². The molecule has 4 saturated carbocycles. The molecule has 4 aliphatic rings. The minimum absolute atomic E-state index is 0.0310. The van der Waals surface area contributed by atoms with E-state index in [1.165, 1.54) is 19.3 Å². The van der Waals surface area contributed by atoms with Crippen molar-refractivity contribution in [2.45, 2.75) is 44.3 Å². The van der Waals surface area contributed by atoms with E-state index in [4.69, 9.17) is 0 Å². The zero-order valence-corrected chi connectivity index (χ0v) is 11.1. The van der Waals surface area contributed by atoms with Crippen LogP contribution in [0, 0.1) is 23.2 Å². The van der Waals surface area contributed by atoms with Gasteiger partial charge in [0.05, 0.1) is 0 Å². The maximum atomic E-state index is 12.3. The average molecular weight is 279 g/mol. The fourth-order valence-electron chi connectivity index (χ4n) is 4.82. The summed E-state index contributed by atoms with van der Waals surface area (Å²) in [4.78, 5) is 0. The molecule has 4 aliphatic carbocycles. The molecule has 0 unspecified atom stereocenters. The summed E-state index contributed by atoms with van der Waals surface area (Å²) in [6, 6.07) is 0. The van der Waals surface area contributed by atoms with E-state index in [0.29, 0.717) is 17.8 Å². The molecule has 0 aromatic carbocycles. The highest BCUT2D eigenvalue weighted by Crippen LogP contribution is 2.59. The molecule has 4 rings (SSSR count). The molecule has 0 spiro atoms. The van der Waals surface area contributed by atoms with Crippen LogP contribution in [0.25, 0.3) is 0 Å². The van der Waals surface area contributed by atoms with Gasteiger partial charge < -0.3 is 0 Å². The summed E-state index contributed by atoms with van der Waals surface area (Å²) in [5.41, 5.74) is -0.0310. The van der Waals surface area contributed by atoms with Gasteiger partial charge in [-0.05, 0) is 61.7 Å². The van der Waals surface area contributed by atoms with Gasteiger partial charge in [-0.15, -0.1) is 0 Å². The van der Waals surface area contributed by atoms with Crippen molar-refractivity contribution < 1.29 is 17.2 Å². The van der Waals surface area contributed by atoms with Crippen molar-refractivity contribution in [2.75, 3.05) is 6.54 Å². The normalized spacial score (nSPS) is 42.7. The van der Waals surface area contributed by atoms with E-state index in [-0.39, 0.29) is 12.0 Å². The molecule has 0 radical (unpaired) electrons. The molecule has 18 heavy (non-hydrogen) atoms. The lowest BCUT2D eigenvalue weighted by atomic mass is 9.50. The highest BCUT2D eigenvalue weighted by molar-refractivity contribution is 7.89. The monoisotopic (exact) mass is 279 g/mol. The first-order valence-electron chi connectivity index (χ1n) is 6.65. The quantitative estimate of drug-likeness (QED) is 0.858. The number of alkyl halides is 2. The van der Waals surface area contributed by atoms with Crippen LogP contribution in [-0.2, 0) is 10.0 Å². The van der Waals surface area contributed by atoms with E-state index in [9.17, 15) is 17.2 Å². The maximum Gasteiger partial charge on any atom is 0.350 e. The molecule has 4 fully saturated rings. The van der Waals surface area contributed by atoms with E-state index in [1.807, 2.05) is 0 Å². The van der Waals surface area contributed by atoms with Crippen molar-refractivity contribution in [3.63, 3.8) is 0 Å². The fourth-order valence-corrected chi connectivity index (χ4v) is 5.46. The maximum absolute atomic E-state index is 12.3. The zero-order valence-electron chi connectivity index (χ0n) is 10.2. The number of halogens is 2. The summed E-state index contributed by atoms with van der Waals surface area (Å²) in [6.45, 7) is 0.211. The van der Waals surface area contributed by atoms with Crippen LogP contribution < -0.4 is 4.72 Å². The van der Waals surface area contributed by atoms with Gasteiger partial charge in [-0.25, -0.2) is 13.1 Å². The summed E-state index contributed by atoms with van der Waals surface area (Å²) >= 11 is 0. The largest absolute Gasteiger partial charge is 0.350 e. The number of sulfonamides is 1. The van der Waals surface area contributed by atoms with Gasteiger partial charge in [-0.1, -0.05) is 0 Å². The van der Waals surface area contributed by atoms with Crippen LogP contribution in [0.4, 0.5) is 8.78 Å². The minimum atomic E-state index is -4.43. The van der Waals surface area contributed by atoms with Gasteiger partial charge in [-0.2, -0.15) is 8.78 Å². The summed E-state index contributed by atoms with van der Waals surface area (Å²) in [6.07, 6.45) is 6.85. The van der Waals surface area contributed by atoms with Crippen LogP contribution >= 0.6 is 0 Å². The predicted molar refractivity (Wildman–Crippen MR) is 63.5 cm³/mol. The molecule has 4 bridgehead atoms. The highest BCUT2D eigenvalue weighted by atomic mass is 32.2. The van der Waals surface area contributed by atoms with Crippen molar-refractivity contribution in [2.24, 2.45) is 23.2 Å². The Labute approximate surface area is 106 Å². The molecule has 3 nitrogen and oxygen atoms in total. The number of nitrogens with one attached hydrogen (secondary N) is 1. The molecular weight excluding hydrogens is 260 g/mol. The Bertz CT molecular complexity index is 400. The Morgan fingerprint density at radius 3 is 1.89 bits per heavy atom. The first-order valence-corrected chi connectivity index (χ1v) is 8.20. The van der Waals surface area contributed by atoms with E-state index in [2.05, 4.69) is 4.72 Å². The highest BCUT2D eigenvalue weighted by Gasteiger charge is 2.51. The van der Waals surface area contributed by atoms with Crippen molar-refractivity contribution in [3.8, 4) is 0 Å². The van der Waals surface area contributed by atoms with Crippen LogP contribution in [0.3, 0.4) is 0 Å². The molecule has 0 saturated heterocycles. The molecule has 0 atom stereocenters. The number of hydrogen-bond acceptors (Lipinski definition) is 2. The van der Waals surface area contributed by atoms with Gasteiger partial charge in [-0.3, -0.25) is 0 Å². The molecule has 0 amide bonds. The Morgan fingerprint density at radius 2 is 1.50 bits per heavy atom. The number of hydrogen-bond donors (Lipinski definition) is 1. The van der Waals surface area contributed by atoms with E-state index >= 15 is 0 Å². The summed E-state index contributed by atoms with van der Waals surface area (Å²) in [5, 5.41) is 0. The molecule has 0 aromatic heterocycles. The lowest BCUT2D eigenvalue weighted by molar-refractivity contribution is -0.0488. The van der Waals surface area contributed by atoms with Gasteiger partial charge >= 0.3 is 5.76 Å². The van der Waals surface area contributed by atoms with Gasteiger partial charge in [0.15, 0.2) is 0 Å². The second kappa shape index (κ2) is 4.13. The van der Waals surface area contributed by atoms with Gasteiger partial charge in [0, 0.05) is 6.54 Å². The second-order valence-electron chi connectivity index (χ2n) is 6.54. The summed E-state index contributed by atoms with van der Waals surface area (Å²) in [7, 11) is -4.43. The fraction of sp³-hybridized carbons (Fsp3) is 1.00. The van der Waals surface area contributed by atoms with Crippen molar-refractivity contribution in [1.29, 1.82) is 0 Å². The molecule has 1 N–H and O–H groups in total. The van der Waals surface area contributed by atoms with Crippen molar-refractivity contribution in [1.82, 2.24) is 4.72 Å². The molecule has 0 aliphatic heterocycles. The zero-order chi connectivity index (χ0) is 13.0. The molecule has 104 valence electrons. The summed E-state index contributed by atoms with van der Waals surface area (Å²) in [5.74, 6) is -1.21. The van der Waals surface area contributed by atoms with Crippen LogP contribution in [0.15, 0.2) is 0 Å². The minimum Gasteiger partial charge on any atom is -0.210 e. The smallest absolute Gasteiger partial charge is 0.210 e. The van der Waals surface area contributed by atoms with Gasteiger partial charge in [0.1, 0.15) is 0 Å². The molecule has 6 heteroatoms. The first-order chi connectivity index (χ1) is 8.39. The Balaban J connectivity index is 1.69. The van der Waals surface area contributed by atoms with Crippen LogP contribution in [0.2, 0.25) is 0 Å². The Hall–Kier alpha value is -0.230. The van der Waals surface area contributed by atoms with Crippen molar-refractivity contribution in [3.05, 3.63) is 0 Å². The molecule has 0 aromatic rings. The topological polar surface area (TPSA) is 46.2 Å². The lowest BCUT2D eigenvalue weighted by Crippen LogP contribution is -2.51. The SMILES string of the molecule is O=S(=O)(NCC12CC3CC(CC(C3)C1)C2)C(F)F. The van der Waals surface area contributed by atoms with Gasteiger partial charge in [0.25, 0.3) is 10.0 Å². The van der Waals surface area contributed by atoms with E-state index < -0.39 is 15.8 Å². The van der Waals surface area contributed by atoms with Gasteiger partial charge in [0.2, 0.25) is 0 Å². The Kier molecular flexibility index (Phi) is 2.94. The predicted octanol–water partition coefficient (Wildman–Crippen LogP) is 2.34. The second-order valence-corrected chi connectivity index (χ2v) is 8.28. The first kappa shape index (κ1) is 12.8.